The average Bonchev–Trinajstić information content (AvgIpc) is 1.78. The molecule has 0 amide bonds. The Balaban J connectivity index is 2.64. The van der Waals surface area contributed by atoms with E-state index in [1.54, 1.807) is 0 Å². The van der Waals surface area contributed by atoms with Gasteiger partial charge in [0, 0.05) is 6.42 Å². The third-order valence-electron chi connectivity index (χ3n) is 1.61. The van der Waals surface area contributed by atoms with Crippen LogP contribution in [0.4, 0.5) is 0 Å². The van der Waals surface area contributed by atoms with Crippen molar-refractivity contribution in [1.29, 1.82) is 0 Å². The Bertz CT molecular complexity index is 250. The molecule has 82 valence electrons. The fourth-order valence-corrected chi connectivity index (χ4v) is 2.11. The maximum atomic E-state index is 10.6. The van der Waals surface area contributed by atoms with Crippen molar-refractivity contribution in [3.05, 3.63) is 0 Å². The topological polar surface area (TPSA) is 26.3 Å². The van der Waals surface area contributed by atoms with Crippen molar-refractivity contribution < 1.29 is 9.53 Å². The fourth-order valence-electron chi connectivity index (χ4n) is 0.942. The van der Waals surface area contributed by atoms with Gasteiger partial charge in [-0.3, -0.25) is 4.79 Å². The fraction of sp³-hybridized carbons (Fsp3) is 0.833. The summed E-state index contributed by atoms with van der Waals surface area (Å²) in [6.07, 6.45) is -0.163. The minimum atomic E-state index is -1.90. The zero-order chi connectivity index (χ0) is 11.2. The van der Waals surface area contributed by atoms with Crippen LogP contribution in [-0.2, 0) is 9.53 Å². The summed E-state index contributed by atoms with van der Waals surface area (Å²) >= 11 is 33.9. The lowest BCUT2D eigenvalue weighted by atomic mass is 10.1. The van der Waals surface area contributed by atoms with Gasteiger partial charge in [0.2, 0.25) is 3.79 Å². The summed E-state index contributed by atoms with van der Waals surface area (Å²) in [5, 5.41) is -1.26. The molecule has 1 saturated heterocycles. The zero-order valence-electron chi connectivity index (χ0n) is 6.50. The molecule has 1 aliphatic heterocycles. The van der Waals surface area contributed by atoms with Gasteiger partial charge in [-0.05, 0) is 0 Å². The second-order valence-corrected chi connectivity index (χ2v) is 7.37. The minimum Gasteiger partial charge on any atom is -0.442 e. The molecule has 0 bridgehead atoms. The van der Waals surface area contributed by atoms with Gasteiger partial charge in [0.15, 0.2) is 9.39 Å². The Kier molecular flexibility index (Phi) is 3.70. The van der Waals surface area contributed by atoms with E-state index < -0.39 is 19.2 Å². The Morgan fingerprint density at radius 1 is 1.29 bits per heavy atom. The average molecular weight is 321 g/mol. The molecule has 1 rings (SSSR count). The SMILES string of the molecule is O=C1CC(Cl)(CC(Cl)(Cl)C(Cl)(Cl)Cl)O1. The van der Waals surface area contributed by atoms with E-state index in [0.29, 0.717) is 0 Å². The van der Waals surface area contributed by atoms with Crippen LogP contribution in [0, 0.1) is 0 Å². The van der Waals surface area contributed by atoms with Crippen LogP contribution in [0.25, 0.3) is 0 Å². The second-order valence-electron chi connectivity index (χ2n) is 2.91. The number of rotatable bonds is 2. The molecule has 1 heterocycles. The van der Waals surface area contributed by atoms with Gasteiger partial charge in [0.1, 0.15) is 6.42 Å². The van der Waals surface area contributed by atoms with Gasteiger partial charge in [-0.15, -0.1) is 0 Å². The van der Waals surface area contributed by atoms with Crippen LogP contribution in [0.5, 0.6) is 0 Å². The van der Waals surface area contributed by atoms with E-state index in [4.69, 9.17) is 69.6 Å². The summed E-state index contributed by atoms with van der Waals surface area (Å²) in [7, 11) is 0. The second kappa shape index (κ2) is 3.90. The Morgan fingerprint density at radius 3 is 2.00 bits per heavy atom. The molecule has 0 N–H and O–H groups in total. The number of alkyl halides is 6. The van der Waals surface area contributed by atoms with Crippen molar-refractivity contribution in [2.75, 3.05) is 0 Å². The van der Waals surface area contributed by atoms with Crippen molar-refractivity contribution in [3.63, 3.8) is 0 Å². The minimum absolute atomic E-state index is 0.00348. The number of halogens is 6. The van der Waals surface area contributed by atoms with Crippen LogP contribution in [0.1, 0.15) is 12.8 Å². The highest BCUT2D eigenvalue weighted by Crippen LogP contribution is 2.53. The summed E-state index contributed by atoms with van der Waals surface area (Å²) < 4.78 is 1.03. The van der Waals surface area contributed by atoms with Crippen molar-refractivity contribution in [2.45, 2.75) is 26.0 Å². The number of carbonyl (C=O) groups is 1. The largest absolute Gasteiger partial charge is 0.442 e. The molecular weight excluding hydrogens is 317 g/mol. The van der Waals surface area contributed by atoms with Gasteiger partial charge < -0.3 is 4.74 Å². The maximum Gasteiger partial charge on any atom is 0.312 e. The molecular formula is C6H4Cl6O2. The summed E-state index contributed by atoms with van der Waals surface area (Å²) in [5.41, 5.74) is 0. The normalized spacial score (nSPS) is 28.3. The standard InChI is InChI=1S/C6H4Cl6O2/c7-4(1-3(13)14-4)2-5(8,9)6(10,11)12/h1-2H2. The van der Waals surface area contributed by atoms with Crippen LogP contribution in [0.15, 0.2) is 0 Å². The number of ether oxygens (including phenoxy) is 1. The van der Waals surface area contributed by atoms with E-state index in [9.17, 15) is 4.79 Å². The van der Waals surface area contributed by atoms with Crippen molar-refractivity contribution in [2.24, 2.45) is 0 Å². The van der Waals surface area contributed by atoms with E-state index in [1.165, 1.54) is 0 Å². The summed E-state index contributed by atoms with van der Waals surface area (Å²) in [6.45, 7) is 0. The molecule has 0 radical (unpaired) electrons. The Labute approximate surface area is 111 Å². The van der Waals surface area contributed by atoms with Crippen molar-refractivity contribution >= 4 is 75.6 Å². The van der Waals surface area contributed by atoms with Gasteiger partial charge >= 0.3 is 5.97 Å². The number of esters is 1. The van der Waals surface area contributed by atoms with Crippen LogP contribution < -0.4 is 0 Å². The zero-order valence-corrected chi connectivity index (χ0v) is 11.0. The molecule has 0 aromatic carbocycles. The van der Waals surface area contributed by atoms with Gasteiger partial charge in [-0.2, -0.15) is 0 Å². The predicted octanol–water partition coefficient (Wildman–Crippen LogP) is 3.80. The first-order valence-electron chi connectivity index (χ1n) is 3.41. The van der Waals surface area contributed by atoms with Crippen LogP contribution in [-0.4, -0.2) is 19.2 Å². The lowest BCUT2D eigenvalue weighted by Gasteiger charge is -2.40. The summed E-state index contributed by atoms with van der Waals surface area (Å²) in [4.78, 5) is 10.6. The molecule has 1 aliphatic rings. The Hall–Kier alpha value is 1.21. The molecule has 1 unspecified atom stereocenters. The van der Waals surface area contributed by atoms with Gasteiger partial charge in [0.25, 0.3) is 0 Å². The molecule has 8 heteroatoms. The molecule has 1 atom stereocenters. The van der Waals surface area contributed by atoms with E-state index in [1.807, 2.05) is 0 Å². The predicted molar refractivity (Wildman–Crippen MR) is 58.6 cm³/mol. The first kappa shape index (κ1) is 13.3. The van der Waals surface area contributed by atoms with E-state index in [0.717, 1.165) is 0 Å². The molecule has 0 spiro atoms. The number of carbonyl (C=O) groups excluding carboxylic acids is 1. The van der Waals surface area contributed by atoms with Crippen LogP contribution in [0.3, 0.4) is 0 Å². The maximum absolute atomic E-state index is 10.6. The van der Waals surface area contributed by atoms with Crippen molar-refractivity contribution in [3.8, 4) is 0 Å². The molecule has 2 nitrogen and oxygen atoms in total. The molecule has 0 aromatic rings. The quantitative estimate of drug-likeness (QED) is 0.571. The first-order valence-corrected chi connectivity index (χ1v) is 5.68. The highest BCUT2D eigenvalue weighted by atomic mass is 35.6. The highest BCUT2D eigenvalue weighted by Gasteiger charge is 2.56. The summed E-state index contributed by atoms with van der Waals surface area (Å²) in [5.74, 6) is -0.437. The number of hydrogen-bond acceptors (Lipinski definition) is 2. The molecule has 1 fully saturated rings. The van der Waals surface area contributed by atoms with E-state index >= 15 is 0 Å². The summed E-state index contributed by atoms with van der Waals surface area (Å²) in [6, 6.07) is 0. The Morgan fingerprint density at radius 2 is 1.71 bits per heavy atom. The number of hydrogen-bond donors (Lipinski definition) is 0. The highest BCUT2D eigenvalue weighted by molar-refractivity contribution is 6.75. The molecule has 0 aromatic heterocycles. The third kappa shape index (κ3) is 2.87. The van der Waals surface area contributed by atoms with Crippen LogP contribution >= 0.6 is 69.6 Å². The van der Waals surface area contributed by atoms with E-state index in [2.05, 4.69) is 4.74 Å². The van der Waals surface area contributed by atoms with E-state index in [-0.39, 0.29) is 12.8 Å². The molecule has 14 heavy (non-hydrogen) atoms. The molecule has 0 saturated carbocycles. The van der Waals surface area contributed by atoms with Gasteiger partial charge in [-0.1, -0.05) is 69.6 Å². The smallest absolute Gasteiger partial charge is 0.312 e. The lowest BCUT2D eigenvalue weighted by Crippen LogP contribution is -2.49. The molecule has 0 aliphatic carbocycles. The van der Waals surface area contributed by atoms with Gasteiger partial charge in [-0.25, -0.2) is 0 Å². The number of cyclic esters (lactones) is 1. The van der Waals surface area contributed by atoms with Crippen molar-refractivity contribution in [1.82, 2.24) is 0 Å². The third-order valence-corrected chi connectivity index (χ3v) is 4.33. The lowest BCUT2D eigenvalue weighted by molar-refractivity contribution is -0.177. The van der Waals surface area contributed by atoms with Crippen LogP contribution in [0.2, 0.25) is 0 Å². The first-order chi connectivity index (χ1) is 6.06. The van der Waals surface area contributed by atoms with Gasteiger partial charge in [0.05, 0.1) is 0 Å². The monoisotopic (exact) mass is 318 g/mol.